The fraction of sp³-hybridized carbons (Fsp3) is 0.476. The monoisotopic (exact) mass is 364 g/mol. The fourth-order valence-electron chi connectivity index (χ4n) is 4.54. The van der Waals surface area contributed by atoms with Crippen LogP contribution in [0.1, 0.15) is 42.6 Å². The van der Waals surface area contributed by atoms with Gasteiger partial charge in [0.15, 0.2) is 0 Å². The first-order valence-electron chi connectivity index (χ1n) is 9.76. The zero-order valence-corrected chi connectivity index (χ0v) is 15.7. The molecule has 3 fully saturated rings. The van der Waals surface area contributed by atoms with Crippen LogP contribution in [0.15, 0.2) is 30.3 Å². The van der Waals surface area contributed by atoms with Crippen molar-refractivity contribution >= 4 is 11.9 Å². The molecule has 3 amide bonds. The molecule has 2 aromatic rings. The number of hydrogen-bond acceptors (Lipinski definition) is 3. The molecule has 6 heteroatoms. The van der Waals surface area contributed by atoms with E-state index in [4.69, 9.17) is 0 Å². The molecule has 5 rings (SSSR count). The smallest absolute Gasteiger partial charge is 0.323 e. The average Bonchev–Trinajstić information content (AvgIpc) is 3.55. The van der Waals surface area contributed by atoms with E-state index in [1.54, 1.807) is 0 Å². The van der Waals surface area contributed by atoms with Crippen molar-refractivity contribution in [2.24, 2.45) is 11.8 Å². The van der Waals surface area contributed by atoms with Gasteiger partial charge in [-0.25, -0.2) is 9.48 Å². The first-order valence-corrected chi connectivity index (χ1v) is 9.76. The number of carbonyl (C=O) groups excluding carboxylic acids is 2. The zero-order valence-electron chi connectivity index (χ0n) is 15.7. The van der Waals surface area contributed by atoms with Crippen molar-refractivity contribution in [3.8, 4) is 5.69 Å². The third kappa shape index (κ3) is 2.58. The summed E-state index contributed by atoms with van der Waals surface area (Å²) < 4.78 is 1.90. The predicted octanol–water partition coefficient (Wildman–Crippen LogP) is 3.10. The Balaban J connectivity index is 1.37. The lowest BCUT2D eigenvalue weighted by Gasteiger charge is -2.26. The van der Waals surface area contributed by atoms with E-state index in [9.17, 15) is 9.59 Å². The van der Waals surface area contributed by atoms with Crippen molar-refractivity contribution in [3.63, 3.8) is 0 Å². The van der Waals surface area contributed by atoms with Crippen molar-refractivity contribution in [2.75, 3.05) is 0 Å². The van der Waals surface area contributed by atoms with Gasteiger partial charge in [-0.05, 0) is 75.1 Å². The van der Waals surface area contributed by atoms with E-state index in [0.29, 0.717) is 18.4 Å². The van der Waals surface area contributed by atoms with Gasteiger partial charge in [-0.3, -0.25) is 9.69 Å². The number of carbonyl (C=O) groups is 2. The van der Waals surface area contributed by atoms with Gasteiger partial charge in [0, 0.05) is 5.69 Å². The van der Waals surface area contributed by atoms with Gasteiger partial charge in [-0.15, -0.1) is 0 Å². The molecule has 2 heterocycles. The first kappa shape index (κ1) is 16.5. The van der Waals surface area contributed by atoms with Gasteiger partial charge in [0.25, 0.3) is 5.91 Å². The number of urea groups is 1. The fourth-order valence-corrected chi connectivity index (χ4v) is 4.54. The van der Waals surface area contributed by atoms with Gasteiger partial charge in [-0.2, -0.15) is 5.10 Å². The number of amides is 3. The minimum absolute atomic E-state index is 0.0138. The summed E-state index contributed by atoms with van der Waals surface area (Å²) in [5.74, 6) is 0.653. The molecule has 1 aliphatic heterocycles. The highest BCUT2D eigenvalue weighted by Gasteiger charge is 2.65. The second-order valence-electron chi connectivity index (χ2n) is 8.24. The molecule has 27 heavy (non-hydrogen) atoms. The number of imide groups is 1. The quantitative estimate of drug-likeness (QED) is 0.829. The second kappa shape index (κ2) is 5.68. The lowest BCUT2D eigenvalue weighted by molar-refractivity contribution is -0.133. The molecule has 1 aromatic carbocycles. The maximum atomic E-state index is 13.2. The topological polar surface area (TPSA) is 67.2 Å². The van der Waals surface area contributed by atoms with Crippen LogP contribution in [0.3, 0.4) is 0 Å². The van der Waals surface area contributed by atoms with Crippen molar-refractivity contribution in [2.45, 2.75) is 51.6 Å². The van der Waals surface area contributed by atoms with Crippen LogP contribution < -0.4 is 5.32 Å². The summed E-state index contributed by atoms with van der Waals surface area (Å²) in [7, 11) is 0. The van der Waals surface area contributed by atoms with Gasteiger partial charge in [0.1, 0.15) is 5.54 Å². The molecule has 140 valence electrons. The van der Waals surface area contributed by atoms with Crippen molar-refractivity contribution in [1.29, 1.82) is 0 Å². The third-order valence-electron chi connectivity index (χ3n) is 6.13. The number of aromatic nitrogens is 2. The lowest BCUT2D eigenvalue weighted by atomic mass is 9.87. The van der Waals surface area contributed by atoms with E-state index >= 15 is 0 Å². The minimum Gasteiger partial charge on any atom is -0.323 e. The summed E-state index contributed by atoms with van der Waals surface area (Å²) in [5.41, 5.74) is 3.37. The number of nitrogens with zero attached hydrogens (tertiary/aromatic N) is 3. The number of aryl methyl sites for hydroxylation is 2. The molecular formula is C21H24N4O2. The predicted molar refractivity (Wildman–Crippen MR) is 100 cm³/mol. The van der Waals surface area contributed by atoms with Crippen molar-refractivity contribution < 1.29 is 9.59 Å². The van der Waals surface area contributed by atoms with E-state index in [0.717, 1.165) is 48.3 Å². The highest BCUT2D eigenvalue weighted by Crippen LogP contribution is 2.54. The molecular weight excluding hydrogens is 340 g/mol. The number of hydrogen-bond donors (Lipinski definition) is 1. The Hall–Kier alpha value is -2.63. The van der Waals surface area contributed by atoms with Gasteiger partial charge < -0.3 is 5.32 Å². The number of benzene rings is 1. The van der Waals surface area contributed by atoms with Crippen LogP contribution in [-0.2, 0) is 11.3 Å². The number of nitrogens with one attached hydrogen (secondary N) is 1. The second-order valence-corrected chi connectivity index (χ2v) is 8.24. The summed E-state index contributed by atoms with van der Waals surface area (Å²) in [6, 6.07) is 9.73. The minimum atomic E-state index is -0.610. The van der Waals surface area contributed by atoms with E-state index in [1.165, 1.54) is 4.90 Å². The van der Waals surface area contributed by atoms with Crippen LogP contribution in [0.25, 0.3) is 5.69 Å². The van der Waals surface area contributed by atoms with Gasteiger partial charge in [0.05, 0.1) is 17.9 Å². The van der Waals surface area contributed by atoms with Crippen molar-refractivity contribution in [3.05, 3.63) is 47.3 Å². The van der Waals surface area contributed by atoms with E-state index < -0.39 is 5.54 Å². The maximum Gasteiger partial charge on any atom is 0.325 e. The van der Waals surface area contributed by atoms with E-state index in [-0.39, 0.29) is 11.9 Å². The summed E-state index contributed by atoms with van der Waals surface area (Å²) in [5, 5.41) is 7.58. The Bertz CT molecular complexity index is 910. The highest BCUT2D eigenvalue weighted by atomic mass is 16.2. The molecule has 1 aromatic heterocycles. The zero-order chi connectivity index (χ0) is 18.8. The SMILES string of the molecule is Cc1cc(C)n(-c2ccc(CN3C(=O)NC(C4CC4)(C4CC4)C3=O)cc2)n1. The van der Waals surface area contributed by atoms with Crippen LogP contribution in [0.4, 0.5) is 4.79 Å². The summed E-state index contributed by atoms with van der Waals surface area (Å²) in [6.07, 6.45) is 4.20. The molecule has 3 aliphatic rings. The summed E-state index contributed by atoms with van der Waals surface area (Å²) in [4.78, 5) is 27.2. The average molecular weight is 364 g/mol. The largest absolute Gasteiger partial charge is 0.325 e. The maximum absolute atomic E-state index is 13.2. The Morgan fingerprint density at radius 1 is 1.07 bits per heavy atom. The van der Waals surface area contributed by atoms with Crippen LogP contribution >= 0.6 is 0 Å². The van der Waals surface area contributed by atoms with E-state index in [1.807, 2.05) is 48.9 Å². The highest BCUT2D eigenvalue weighted by molar-refractivity contribution is 6.07. The molecule has 0 atom stereocenters. The van der Waals surface area contributed by atoms with Gasteiger partial charge in [0.2, 0.25) is 0 Å². The molecule has 0 unspecified atom stereocenters. The lowest BCUT2D eigenvalue weighted by Crippen LogP contribution is -2.51. The number of rotatable bonds is 5. The Kier molecular flexibility index (Phi) is 3.48. The Labute approximate surface area is 158 Å². The third-order valence-corrected chi connectivity index (χ3v) is 6.13. The first-order chi connectivity index (χ1) is 13.0. The Morgan fingerprint density at radius 2 is 1.70 bits per heavy atom. The Morgan fingerprint density at radius 3 is 2.22 bits per heavy atom. The molecule has 1 N–H and O–H groups in total. The van der Waals surface area contributed by atoms with Crippen LogP contribution in [0.5, 0.6) is 0 Å². The van der Waals surface area contributed by atoms with Gasteiger partial charge in [-0.1, -0.05) is 12.1 Å². The molecule has 0 bridgehead atoms. The van der Waals surface area contributed by atoms with Crippen LogP contribution in [0.2, 0.25) is 0 Å². The molecule has 1 saturated heterocycles. The molecule has 2 saturated carbocycles. The van der Waals surface area contributed by atoms with Crippen LogP contribution in [-0.4, -0.2) is 32.2 Å². The van der Waals surface area contributed by atoms with Gasteiger partial charge >= 0.3 is 6.03 Å². The summed E-state index contributed by atoms with van der Waals surface area (Å²) >= 11 is 0. The normalized spacial score (nSPS) is 21.6. The molecule has 6 nitrogen and oxygen atoms in total. The van der Waals surface area contributed by atoms with Crippen LogP contribution in [0, 0.1) is 25.7 Å². The molecule has 0 spiro atoms. The standard InChI is InChI=1S/C21H24N4O2/c1-13-11-14(2)25(23-13)18-9-3-15(4-10-18)12-24-19(26)21(16-5-6-16,17-7-8-17)22-20(24)27/h3-4,9-11,16-17H,5-8,12H2,1-2H3,(H,22,27). The van der Waals surface area contributed by atoms with Crippen molar-refractivity contribution in [1.82, 2.24) is 20.0 Å². The molecule has 2 aliphatic carbocycles. The van der Waals surface area contributed by atoms with E-state index in [2.05, 4.69) is 10.4 Å². The molecule has 0 radical (unpaired) electrons. The summed E-state index contributed by atoms with van der Waals surface area (Å²) in [6.45, 7) is 4.32.